The third-order valence-corrected chi connectivity index (χ3v) is 19.3. The van der Waals surface area contributed by atoms with Crippen molar-refractivity contribution < 1.29 is 102 Å². The molecular weight excluding hydrogens is 1510 g/mol. The summed E-state index contributed by atoms with van der Waals surface area (Å²) in [6.45, 7) is 44.0. The molecule has 119 heavy (non-hydrogen) atoms. The molecule has 7 unspecified atom stereocenters. The molecular formula is C98H126O21. The Morgan fingerprint density at radius 2 is 0.277 bits per heavy atom. The van der Waals surface area contributed by atoms with E-state index in [4.69, 9.17) is 66.3 Å². The third kappa shape index (κ3) is 30.1. The highest BCUT2D eigenvalue weighted by atomic mass is 16.7. The van der Waals surface area contributed by atoms with Gasteiger partial charge in [-0.1, -0.05) is 273 Å². The molecule has 0 radical (unpaired) electrons. The largest absolute Gasteiger partial charge is 0.454 e. The summed E-state index contributed by atoms with van der Waals surface area (Å²) in [5.41, 5.74) is 5.96. The van der Waals surface area contributed by atoms with Gasteiger partial charge in [0, 0.05) is 0 Å². The van der Waals surface area contributed by atoms with Crippen molar-refractivity contribution in [2.45, 2.75) is 188 Å². The van der Waals surface area contributed by atoms with Crippen LogP contribution in [0.5, 0.6) is 80.5 Å². The van der Waals surface area contributed by atoms with E-state index in [0.29, 0.717) is 0 Å². The van der Waals surface area contributed by atoms with Crippen LogP contribution < -0.4 is 66.3 Å². The lowest BCUT2D eigenvalue weighted by molar-refractivity contribution is 0.106. The number of ether oxygens (including phenoxy) is 14. The number of hydrogen-bond donors (Lipinski definition) is 7. The van der Waals surface area contributed by atoms with Crippen LogP contribution in [0, 0.1) is 37.9 Å². The van der Waals surface area contributed by atoms with E-state index in [-0.39, 0.29) is 85.5 Å². The molecule has 0 fully saturated rings. The predicted molar refractivity (Wildman–Crippen MR) is 469 cm³/mol. The molecule has 7 aromatic carbocycles. The Kier molecular flexibility index (Phi) is 32.9. The highest BCUT2D eigenvalue weighted by molar-refractivity contribution is 5.63. The minimum absolute atomic E-state index is 0.146. The Bertz CT molecular complexity index is 3830. The second kappa shape index (κ2) is 41.6. The van der Waals surface area contributed by atoms with E-state index in [1.807, 2.05) is 315 Å². The molecule has 0 aromatic heterocycles. The fourth-order valence-electron chi connectivity index (χ4n) is 10.6. The average Bonchev–Trinajstić information content (AvgIpc) is 1.78. The zero-order chi connectivity index (χ0) is 87.3. The molecule has 7 atom stereocenters. The van der Waals surface area contributed by atoms with Gasteiger partial charge in [-0.15, -0.1) is 0 Å². The van der Waals surface area contributed by atoms with Crippen LogP contribution in [0.25, 0.3) is 42.5 Å². The van der Waals surface area contributed by atoms with E-state index in [1.165, 1.54) is 0 Å². The van der Waals surface area contributed by atoms with Gasteiger partial charge in [0.15, 0.2) is 80.5 Å². The molecule has 7 heterocycles. The molecule has 7 N–H and O–H groups in total. The lowest BCUT2D eigenvalue weighted by Crippen LogP contribution is -2.23. The SMILES string of the molecule is CC(C)(C)C(O)C=Cc1ccc2c(c1)OCO2.CC(C)(C)C(O)C=Cc1ccc2c(c1)OCO2.CC(C)(C)C(O)C=Cc1ccc2c(c1)OCO2.CC(C)(C)C(O)C=Cc1ccc2c(c1)OCO2.CC(C)(C)C(O)C=Cc1ccc2c(c1)OCO2.CC(C)(C)C(O)C=Cc1ccc2c(c1)OCO2.CC(C)(C)C(O)C=Cc1ccc2c(c1)OCO2. The maximum absolute atomic E-state index is 9.90. The van der Waals surface area contributed by atoms with Crippen molar-refractivity contribution >= 4 is 42.5 Å². The number of aliphatic hydroxyl groups is 7. The normalized spacial score (nSPS) is 16.5. The van der Waals surface area contributed by atoms with Gasteiger partial charge in [0.25, 0.3) is 0 Å². The van der Waals surface area contributed by atoms with Gasteiger partial charge >= 0.3 is 0 Å². The second-order valence-electron chi connectivity index (χ2n) is 37.0. The standard InChI is InChI=1S/7C14H18O3/c7*1-14(2,3)13(15)7-5-10-4-6-11-12(8-10)17-9-16-11/h7*4-8,13,15H,9H2,1-3H3. The fraction of sp³-hybridized carbons (Fsp3) is 0.429. The van der Waals surface area contributed by atoms with Crippen LogP contribution in [0.15, 0.2) is 170 Å². The van der Waals surface area contributed by atoms with Gasteiger partial charge in [0.05, 0.1) is 42.7 Å². The van der Waals surface area contributed by atoms with Crippen molar-refractivity contribution in [3.05, 3.63) is 209 Å². The molecule has 7 aliphatic rings. The molecule has 21 heteroatoms. The minimum atomic E-state index is -0.465. The average molecular weight is 1640 g/mol. The van der Waals surface area contributed by atoms with Crippen molar-refractivity contribution in [1.29, 1.82) is 0 Å². The van der Waals surface area contributed by atoms with Crippen LogP contribution in [0.4, 0.5) is 0 Å². The van der Waals surface area contributed by atoms with Gasteiger partial charge in [-0.2, -0.15) is 0 Å². The highest BCUT2D eigenvalue weighted by Gasteiger charge is 2.27. The van der Waals surface area contributed by atoms with Gasteiger partial charge in [-0.05, 0) is 162 Å². The first kappa shape index (κ1) is 94.1. The maximum Gasteiger partial charge on any atom is 0.231 e. The number of rotatable bonds is 14. The Labute approximate surface area is 704 Å². The number of hydrogen-bond acceptors (Lipinski definition) is 21. The van der Waals surface area contributed by atoms with Crippen LogP contribution in [-0.4, -0.2) is 126 Å². The van der Waals surface area contributed by atoms with Crippen molar-refractivity contribution in [2.75, 3.05) is 47.6 Å². The molecule has 21 nitrogen and oxygen atoms in total. The highest BCUT2D eigenvalue weighted by Crippen LogP contribution is 2.40. The van der Waals surface area contributed by atoms with Gasteiger partial charge in [0.2, 0.25) is 47.6 Å². The van der Waals surface area contributed by atoms with Crippen LogP contribution in [0.1, 0.15) is 184 Å². The Hall–Kier alpha value is -10.4. The molecule has 0 saturated heterocycles. The molecule has 0 saturated carbocycles. The first-order valence-corrected chi connectivity index (χ1v) is 40.1. The molecule has 0 spiro atoms. The zero-order valence-electron chi connectivity index (χ0n) is 73.0. The third-order valence-electron chi connectivity index (χ3n) is 19.3. The van der Waals surface area contributed by atoms with E-state index in [0.717, 1.165) is 119 Å². The summed E-state index contributed by atoms with van der Waals surface area (Å²) >= 11 is 0. The topological polar surface area (TPSA) is 271 Å². The summed E-state index contributed by atoms with van der Waals surface area (Å²) in [6.07, 6.45) is 22.7. The van der Waals surface area contributed by atoms with Crippen LogP contribution in [0.3, 0.4) is 0 Å². The van der Waals surface area contributed by atoms with E-state index in [1.54, 1.807) is 42.5 Å². The van der Waals surface area contributed by atoms with E-state index < -0.39 is 42.7 Å². The number of benzene rings is 7. The second-order valence-corrected chi connectivity index (χ2v) is 37.0. The first-order valence-electron chi connectivity index (χ1n) is 40.1. The molecule has 14 rings (SSSR count). The number of aliphatic hydroxyl groups excluding tert-OH is 7. The monoisotopic (exact) mass is 1640 g/mol. The Morgan fingerprint density at radius 3 is 0.378 bits per heavy atom. The summed E-state index contributed by atoms with van der Waals surface area (Å²) in [5.74, 6) is 10.8. The van der Waals surface area contributed by atoms with Crippen LogP contribution in [0.2, 0.25) is 0 Å². The van der Waals surface area contributed by atoms with Crippen molar-refractivity contribution in [1.82, 2.24) is 0 Å². The molecule has 0 aliphatic carbocycles. The number of fused-ring (bicyclic) bond motifs is 7. The Morgan fingerprint density at radius 1 is 0.176 bits per heavy atom. The first-order chi connectivity index (χ1) is 55.8. The van der Waals surface area contributed by atoms with Crippen molar-refractivity contribution in [3.8, 4) is 80.5 Å². The van der Waals surface area contributed by atoms with Crippen LogP contribution >= 0.6 is 0 Å². The smallest absolute Gasteiger partial charge is 0.231 e. The molecule has 7 aliphatic heterocycles. The van der Waals surface area contributed by atoms with E-state index in [9.17, 15) is 35.7 Å². The molecule has 0 bridgehead atoms. The summed E-state index contributed by atoms with van der Waals surface area (Å²) < 4.78 is 73.7. The van der Waals surface area contributed by atoms with E-state index >= 15 is 0 Å². The predicted octanol–water partition coefficient (Wildman–Crippen LogP) is 19.8. The minimum Gasteiger partial charge on any atom is -0.454 e. The summed E-state index contributed by atoms with van der Waals surface area (Å²) in [6, 6.07) is 40.1. The summed E-state index contributed by atoms with van der Waals surface area (Å²) in [4.78, 5) is 0. The summed E-state index contributed by atoms with van der Waals surface area (Å²) in [5, 5.41) is 69.3. The van der Waals surface area contributed by atoms with Crippen molar-refractivity contribution in [3.63, 3.8) is 0 Å². The van der Waals surface area contributed by atoms with Gasteiger partial charge in [-0.25, -0.2) is 0 Å². The van der Waals surface area contributed by atoms with Crippen LogP contribution in [-0.2, 0) is 0 Å². The molecule has 644 valence electrons. The lowest BCUT2D eigenvalue weighted by atomic mass is 9.89. The van der Waals surface area contributed by atoms with Gasteiger partial charge < -0.3 is 102 Å². The fourth-order valence-corrected chi connectivity index (χ4v) is 10.6. The van der Waals surface area contributed by atoms with E-state index in [2.05, 4.69) is 0 Å². The molecule has 7 aromatic rings. The lowest BCUT2D eigenvalue weighted by Gasteiger charge is -2.22. The molecule has 0 amide bonds. The maximum atomic E-state index is 9.90. The Balaban J connectivity index is 0.000000173. The quantitative estimate of drug-likeness (QED) is 0.0533. The van der Waals surface area contributed by atoms with Gasteiger partial charge in [-0.3, -0.25) is 0 Å². The summed E-state index contributed by atoms with van der Waals surface area (Å²) in [7, 11) is 0. The van der Waals surface area contributed by atoms with Gasteiger partial charge in [0.1, 0.15) is 0 Å². The zero-order valence-corrected chi connectivity index (χ0v) is 73.0. The van der Waals surface area contributed by atoms with Crippen molar-refractivity contribution in [2.24, 2.45) is 37.9 Å².